The molecule has 1 saturated heterocycles. The maximum atomic E-state index is 9.39. The lowest BCUT2D eigenvalue weighted by atomic mass is 10.1. The first-order valence-corrected chi connectivity index (χ1v) is 6.48. The summed E-state index contributed by atoms with van der Waals surface area (Å²) >= 11 is 0. The first kappa shape index (κ1) is 13.9. The summed E-state index contributed by atoms with van der Waals surface area (Å²) in [4.78, 5) is 2.35. The first-order chi connectivity index (χ1) is 7.81. The van der Waals surface area contributed by atoms with Gasteiger partial charge in [-0.25, -0.2) is 0 Å². The van der Waals surface area contributed by atoms with Gasteiger partial charge in [-0.3, -0.25) is 4.90 Å². The van der Waals surface area contributed by atoms with Crippen molar-refractivity contribution in [2.45, 2.75) is 44.8 Å². The number of nitrogens with zero attached hydrogens (tertiary/aromatic N) is 1. The quantitative estimate of drug-likeness (QED) is 0.701. The standard InChI is InChI=1S/C12H26N2O2/c1-2-16-12(8-13)9-14-7-5-3-4-6-11(14)10-15/h11-12,15H,2-10,13H2,1H3. The van der Waals surface area contributed by atoms with E-state index in [2.05, 4.69) is 4.90 Å². The second kappa shape index (κ2) is 8.01. The van der Waals surface area contributed by atoms with Crippen LogP contribution >= 0.6 is 0 Å². The Morgan fingerprint density at radius 2 is 2.25 bits per heavy atom. The molecule has 0 aromatic rings. The average molecular weight is 230 g/mol. The summed E-state index contributed by atoms with van der Waals surface area (Å²) in [5.74, 6) is 0. The minimum absolute atomic E-state index is 0.108. The molecule has 2 atom stereocenters. The zero-order valence-corrected chi connectivity index (χ0v) is 10.4. The normalized spacial score (nSPS) is 25.3. The van der Waals surface area contributed by atoms with Gasteiger partial charge in [0.2, 0.25) is 0 Å². The predicted molar refractivity (Wildman–Crippen MR) is 65.4 cm³/mol. The van der Waals surface area contributed by atoms with Crippen molar-refractivity contribution in [1.29, 1.82) is 0 Å². The van der Waals surface area contributed by atoms with Crippen LogP contribution in [0.15, 0.2) is 0 Å². The molecule has 4 heteroatoms. The highest BCUT2D eigenvalue weighted by Crippen LogP contribution is 2.17. The molecule has 2 unspecified atom stereocenters. The summed E-state index contributed by atoms with van der Waals surface area (Å²) in [6, 6.07) is 0.303. The highest BCUT2D eigenvalue weighted by molar-refractivity contribution is 4.77. The van der Waals surface area contributed by atoms with Gasteiger partial charge in [0.05, 0.1) is 12.7 Å². The molecule has 0 aromatic carbocycles. The number of rotatable bonds is 6. The van der Waals surface area contributed by atoms with E-state index in [9.17, 15) is 5.11 Å². The van der Waals surface area contributed by atoms with Crippen molar-refractivity contribution < 1.29 is 9.84 Å². The first-order valence-electron chi connectivity index (χ1n) is 6.48. The molecule has 1 rings (SSSR count). The van der Waals surface area contributed by atoms with Crippen molar-refractivity contribution in [2.75, 3.05) is 32.8 Å². The minimum atomic E-state index is 0.108. The van der Waals surface area contributed by atoms with E-state index in [0.29, 0.717) is 19.2 Å². The maximum Gasteiger partial charge on any atom is 0.0823 e. The molecule has 3 N–H and O–H groups in total. The van der Waals surface area contributed by atoms with Crippen LogP contribution in [0.2, 0.25) is 0 Å². The molecule has 1 aliphatic heterocycles. The Kier molecular flexibility index (Phi) is 6.96. The molecule has 0 aromatic heterocycles. The zero-order chi connectivity index (χ0) is 11.8. The van der Waals surface area contributed by atoms with Crippen molar-refractivity contribution in [3.05, 3.63) is 0 Å². The molecule has 1 fully saturated rings. The molecular formula is C12H26N2O2. The lowest BCUT2D eigenvalue weighted by Gasteiger charge is -2.31. The Labute approximate surface area is 98.8 Å². The molecule has 0 amide bonds. The Bertz CT molecular complexity index is 178. The largest absolute Gasteiger partial charge is 0.395 e. The molecule has 96 valence electrons. The van der Waals surface area contributed by atoms with E-state index in [1.54, 1.807) is 0 Å². The van der Waals surface area contributed by atoms with Crippen molar-refractivity contribution in [3.8, 4) is 0 Å². The van der Waals surface area contributed by atoms with Crippen LogP contribution in [-0.2, 0) is 4.74 Å². The van der Waals surface area contributed by atoms with Crippen molar-refractivity contribution >= 4 is 0 Å². The summed E-state index contributed by atoms with van der Waals surface area (Å²) in [6.45, 7) is 5.43. The van der Waals surface area contributed by atoms with Gasteiger partial charge in [-0.15, -0.1) is 0 Å². The fourth-order valence-corrected chi connectivity index (χ4v) is 2.38. The van der Waals surface area contributed by atoms with Crippen molar-refractivity contribution in [1.82, 2.24) is 4.90 Å². The second-order valence-corrected chi connectivity index (χ2v) is 4.49. The molecule has 0 spiro atoms. The van der Waals surface area contributed by atoms with E-state index in [4.69, 9.17) is 10.5 Å². The van der Waals surface area contributed by atoms with Gasteiger partial charge in [0.1, 0.15) is 0 Å². The number of aliphatic hydroxyl groups is 1. The van der Waals surface area contributed by atoms with Crippen LogP contribution in [0.4, 0.5) is 0 Å². The Balaban J connectivity index is 2.46. The van der Waals surface area contributed by atoms with E-state index < -0.39 is 0 Å². The Morgan fingerprint density at radius 1 is 1.44 bits per heavy atom. The molecule has 1 heterocycles. The van der Waals surface area contributed by atoms with Crippen LogP contribution in [0.3, 0.4) is 0 Å². The predicted octanol–water partition coefficient (Wildman–Crippen LogP) is 0.587. The van der Waals surface area contributed by atoms with Gasteiger partial charge in [-0.1, -0.05) is 12.8 Å². The van der Waals surface area contributed by atoms with E-state index >= 15 is 0 Å². The third kappa shape index (κ3) is 4.37. The lowest BCUT2D eigenvalue weighted by molar-refractivity contribution is 0.0186. The summed E-state index contributed by atoms with van der Waals surface area (Å²) in [6.07, 6.45) is 4.93. The second-order valence-electron chi connectivity index (χ2n) is 4.49. The highest BCUT2D eigenvalue weighted by atomic mass is 16.5. The van der Waals surface area contributed by atoms with Crippen LogP contribution in [-0.4, -0.2) is 55.0 Å². The minimum Gasteiger partial charge on any atom is -0.395 e. The molecule has 0 bridgehead atoms. The Hall–Kier alpha value is -0.160. The number of hydrogen-bond acceptors (Lipinski definition) is 4. The van der Waals surface area contributed by atoms with Crippen LogP contribution in [0.25, 0.3) is 0 Å². The molecule has 4 nitrogen and oxygen atoms in total. The number of aliphatic hydroxyl groups excluding tert-OH is 1. The molecule has 1 aliphatic rings. The van der Waals surface area contributed by atoms with E-state index in [-0.39, 0.29) is 12.7 Å². The van der Waals surface area contributed by atoms with Crippen molar-refractivity contribution in [2.24, 2.45) is 5.73 Å². The monoisotopic (exact) mass is 230 g/mol. The van der Waals surface area contributed by atoms with Crippen molar-refractivity contribution in [3.63, 3.8) is 0 Å². The molecule has 16 heavy (non-hydrogen) atoms. The van der Waals surface area contributed by atoms with Gasteiger partial charge in [-0.2, -0.15) is 0 Å². The SMILES string of the molecule is CCOC(CN)CN1CCCCCC1CO. The molecular weight excluding hydrogens is 204 g/mol. The number of hydrogen-bond donors (Lipinski definition) is 2. The van der Waals surface area contributed by atoms with Gasteiger partial charge >= 0.3 is 0 Å². The molecule has 0 saturated carbocycles. The Morgan fingerprint density at radius 3 is 2.88 bits per heavy atom. The number of ether oxygens (including phenoxy) is 1. The topological polar surface area (TPSA) is 58.7 Å². The summed E-state index contributed by atoms with van der Waals surface area (Å²) in [5, 5.41) is 9.39. The summed E-state index contributed by atoms with van der Waals surface area (Å²) in [7, 11) is 0. The van der Waals surface area contributed by atoms with Gasteiger partial charge in [0.25, 0.3) is 0 Å². The van der Waals surface area contributed by atoms with Crippen LogP contribution in [0.5, 0.6) is 0 Å². The zero-order valence-electron chi connectivity index (χ0n) is 10.4. The summed E-state index contributed by atoms with van der Waals surface area (Å²) in [5.41, 5.74) is 5.69. The summed E-state index contributed by atoms with van der Waals surface area (Å²) < 4.78 is 5.58. The number of likely N-dealkylation sites (tertiary alicyclic amines) is 1. The fraction of sp³-hybridized carbons (Fsp3) is 1.00. The fourth-order valence-electron chi connectivity index (χ4n) is 2.38. The smallest absolute Gasteiger partial charge is 0.0823 e. The third-order valence-electron chi connectivity index (χ3n) is 3.31. The number of nitrogens with two attached hydrogens (primary N) is 1. The lowest BCUT2D eigenvalue weighted by Crippen LogP contribution is -2.45. The van der Waals surface area contributed by atoms with E-state index in [1.807, 2.05) is 6.92 Å². The maximum absolute atomic E-state index is 9.39. The molecule has 0 aliphatic carbocycles. The van der Waals surface area contributed by atoms with Gasteiger partial charge in [0, 0.05) is 25.7 Å². The van der Waals surface area contributed by atoms with Gasteiger partial charge in [0.15, 0.2) is 0 Å². The van der Waals surface area contributed by atoms with Crippen LogP contribution in [0, 0.1) is 0 Å². The van der Waals surface area contributed by atoms with Crippen LogP contribution in [0.1, 0.15) is 32.6 Å². The molecule has 0 radical (unpaired) electrons. The highest BCUT2D eigenvalue weighted by Gasteiger charge is 2.22. The van der Waals surface area contributed by atoms with E-state index in [1.165, 1.54) is 19.3 Å². The average Bonchev–Trinajstić information content (AvgIpc) is 2.53. The van der Waals surface area contributed by atoms with Gasteiger partial charge < -0.3 is 15.6 Å². The van der Waals surface area contributed by atoms with Crippen LogP contribution < -0.4 is 5.73 Å². The van der Waals surface area contributed by atoms with Gasteiger partial charge in [-0.05, 0) is 26.3 Å². The van der Waals surface area contributed by atoms with E-state index in [0.717, 1.165) is 19.5 Å². The third-order valence-corrected chi connectivity index (χ3v) is 3.31.